The van der Waals surface area contributed by atoms with Gasteiger partial charge in [0.05, 0.1) is 11.5 Å². The molecule has 2 aromatic rings. The molecule has 0 aliphatic heterocycles. The van der Waals surface area contributed by atoms with E-state index in [2.05, 4.69) is 17.4 Å². The summed E-state index contributed by atoms with van der Waals surface area (Å²) in [5, 5.41) is 3.16. The molecule has 1 aromatic heterocycles. The number of hydrogen-bond acceptors (Lipinski definition) is 2. The minimum atomic E-state index is -0.378. The summed E-state index contributed by atoms with van der Waals surface area (Å²) in [7, 11) is 0. The molecule has 1 saturated carbocycles. The summed E-state index contributed by atoms with van der Waals surface area (Å²) in [6, 6.07) is 13.9. The summed E-state index contributed by atoms with van der Waals surface area (Å²) < 4.78 is 5.63. The molecule has 1 unspecified atom stereocenters. The molecule has 1 aromatic carbocycles. The topological polar surface area (TPSA) is 42.2 Å². The Labute approximate surface area is 131 Å². The molecular weight excluding hydrogens is 274 g/mol. The third kappa shape index (κ3) is 2.68. The molecule has 0 bridgehead atoms. The SMILES string of the molecule is Cc1ccc(C(C)NC(=O)C2(c3ccccc3)CCCC2)o1. The number of hydrogen-bond donors (Lipinski definition) is 1. The largest absolute Gasteiger partial charge is 0.464 e. The summed E-state index contributed by atoms with van der Waals surface area (Å²) in [6.45, 7) is 3.89. The van der Waals surface area contributed by atoms with Crippen LogP contribution in [0.1, 0.15) is 55.7 Å². The second kappa shape index (κ2) is 5.99. The Morgan fingerprint density at radius 3 is 2.41 bits per heavy atom. The van der Waals surface area contributed by atoms with E-state index in [1.54, 1.807) is 0 Å². The van der Waals surface area contributed by atoms with Crippen LogP contribution in [0.2, 0.25) is 0 Å². The number of carbonyl (C=O) groups is 1. The highest BCUT2D eigenvalue weighted by atomic mass is 16.3. The van der Waals surface area contributed by atoms with Crippen LogP contribution in [0.15, 0.2) is 46.9 Å². The molecule has 1 fully saturated rings. The first-order chi connectivity index (χ1) is 10.6. The van der Waals surface area contributed by atoms with Crippen molar-refractivity contribution in [1.29, 1.82) is 0 Å². The molecule has 116 valence electrons. The first kappa shape index (κ1) is 14.9. The van der Waals surface area contributed by atoms with E-state index in [-0.39, 0.29) is 17.4 Å². The number of furan rings is 1. The lowest BCUT2D eigenvalue weighted by atomic mass is 9.78. The molecule has 1 heterocycles. The fourth-order valence-corrected chi connectivity index (χ4v) is 3.47. The van der Waals surface area contributed by atoms with Crippen molar-refractivity contribution in [3.8, 4) is 0 Å². The van der Waals surface area contributed by atoms with Crippen molar-refractivity contribution in [3.63, 3.8) is 0 Å². The third-order valence-electron chi connectivity index (χ3n) is 4.75. The average molecular weight is 297 g/mol. The predicted octanol–water partition coefficient (Wildman–Crippen LogP) is 4.28. The van der Waals surface area contributed by atoms with Crippen LogP contribution >= 0.6 is 0 Å². The van der Waals surface area contributed by atoms with E-state index in [1.165, 1.54) is 0 Å². The van der Waals surface area contributed by atoms with Crippen molar-refractivity contribution in [2.24, 2.45) is 0 Å². The van der Waals surface area contributed by atoms with Gasteiger partial charge in [0.1, 0.15) is 11.5 Å². The minimum absolute atomic E-state index is 0.109. The standard InChI is InChI=1S/C19H23NO2/c1-14-10-11-17(22-14)15(2)20-18(21)19(12-6-7-13-19)16-8-4-3-5-9-16/h3-5,8-11,15H,6-7,12-13H2,1-2H3,(H,20,21). The number of rotatable bonds is 4. The van der Waals surface area contributed by atoms with Crippen LogP contribution in [0.5, 0.6) is 0 Å². The van der Waals surface area contributed by atoms with E-state index in [0.717, 1.165) is 42.8 Å². The van der Waals surface area contributed by atoms with Gasteiger partial charge in [-0.25, -0.2) is 0 Å². The van der Waals surface area contributed by atoms with Gasteiger partial charge in [-0.1, -0.05) is 43.2 Å². The van der Waals surface area contributed by atoms with E-state index in [1.807, 2.05) is 44.2 Å². The molecule has 1 aliphatic carbocycles. The maximum atomic E-state index is 13.0. The van der Waals surface area contributed by atoms with Crippen LogP contribution in [0, 0.1) is 6.92 Å². The van der Waals surface area contributed by atoms with Gasteiger partial charge in [0, 0.05) is 0 Å². The first-order valence-corrected chi connectivity index (χ1v) is 8.05. The van der Waals surface area contributed by atoms with E-state index < -0.39 is 0 Å². The van der Waals surface area contributed by atoms with Crippen molar-refractivity contribution in [2.45, 2.75) is 51.0 Å². The van der Waals surface area contributed by atoms with Crippen LogP contribution in [-0.4, -0.2) is 5.91 Å². The van der Waals surface area contributed by atoms with Gasteiger partial charge < -0.3 is 9.73 Å². The van der Waals surface area contributed by atoms with Gasteiger partial charge in [0.25, 0.3) is 0 Å². The van der Waals surface area contributed by atoms with Crippen LogP contribution in [0.25, 0.3) is 0 Å². The number of nitrogens with one attached hydrogen (secondary N) is 1. The third-order valence-corrected chi connectivity index (χ3v) is 4.75. The Kier molecular flexibility index (Phi) is 4.06. The molecule has 3 rings (SSSR count). The van der Waals surface area contributed by atoms with E-state index in [9.17, 15) is 4.79 Å². The van der Waals surface area contributed by atoms with E-state index >= 15 is 0 Å². The number of amides is 1. The molecule has 3 nitrogen and oxygen atoms in total. The lowest BCUT2D eigenvalue weighted by molar-refractivity contribution is -0.127. The van der Waals surface area contributed by atoms with Gasteiger partial charge in [0.2, 0.25) is 5.91 Å². The first-order valence-electron chi connectivity index (χ1n) is 8.05. The predicted molar refractivity (Wildman–Crippen MR) is 86.6 cm³/mol. The quantitative estimate of drug-likeness (QED) is 0.915. The molecule has 1 atom stereocenters. The van der Waals surface area contributed by atoms with Crippen LogP contribution < -0.4 is 5.32 Å². The van der Waals surface area contributed by atoms with Crippen LogP contribution in [0.4, 0.5) is 0 Å². The van der Waals surface area contributed by atoms with Gasteiger partial charge >= 0.3 is 0 Å². The molecule has 1 aliphatic rings. The van der Waals surface area contributed by atoms with E-state index in [4.69, 9.17) is 4.42 Å². The Morgan fingerprint density at radius 1 is 1.14 bits per heavy atom. The van der Waals surface area contributed by atoms with Crippen molar-refractivity contribution >= 4 is 5.91 Å². The summed E-state index contributed by atoms with van der Waals surface area (Å²) in [4.78, 5) is 13.0. The minimum Gasteiger partial charge on any atom is -0.464 e. The maximum Gasteiger partial charge on any atom is 0.231 e. The van der Waals surface area contributed by atoms with Crippen LogP contribution in [0.3, 0.4) is 0 Å². The number of aryl methyl sites for hydroxylation is 1. The lowest BCUT2D eigenvalue weighted by Crippen LogP contribution is -2.43. The molecule has 0 spiro atoms. The molecule has 1 amide bonds. The molecule has 3 heteroatoms. The summed E-state index contributed by atoms with van der Waals surface area (Å²) in [6.07, 6.45) is 4.06. The fourth-order valence-electron chi connectivity index (χ4n) is 3.47. The Hall–Kier alpha value is -2.03. The monoisotopic (exact) mass is 297 g/mol. The number of carbonyl (C=O) groups excluding carboxylic acids is 1. The fraction of sp³-hybridized carbons (Fsp3) is 0.421. The summed E-state index contributed by atoms with van der Waals surface area (Å²) in [5.74, 6) is 1.81. The Bertz CT molecular complexity index is 638. The van der Waals surface area contributed by atoms with Gasteiger partial charge in [0.15, 0.2) is 0 Å². The van der Waals surface area contributed by atoms with Gasteiger partial charge in [-0.05, 0) is 44.4 Å². The second-order valence-electron chi connectivity index (χ2n) is 6.30. The maximum absolute atomic E-state index is 13.0. The van der Waals surface area contributed by atoms with Crippen molar-refractivity contribution in [3.05, 3.63) is 59.5 Å². The number of benzene rings is 1. The highest BCUT2D eigenvalue weighted by Gasteiger charge is 2.43. The molecular formula is C19H23NO2. The second-order valence-corrected chi connectivity index (χ2v) is 6.30. The lowest BCUT2D eigenvalue weighted by Gasteiger charge is -2.29. The van der Waals surface area contributed by atoms with Gasteiger partial charge in [-0.3, -0.25) is 4.79 Å². The summed E-state index contributed by atoms with van der Waals surface area (Å²) >= 11 is 0. The van der Waals surface area contributed by atoms with Crippen molar-refractivity contribution in [1.82, 2.24) is 5.32 Å². The van der Waals surface area contributed by atoms with Gasteiger partial charge in [-0.2, -0.15) is 0 Å². The zero-order valence-corrected chi connectivity index (χ0v) is 13.3. The Balaban J connectivity index is 1.82. The summed E-state index contributed by atoms with van der Waals surface area (Å²) in [5.41, 5.74) is 0.754. The zero-order valence-electron chi connectivity index (χ0n) is 13.3. The Morgan fingerprint density at radius 2 is 1.82 bits per heavy atom. The molecule has 0 saturated heterocycles. The normalized spacial score (nSPS) is 18.1. The zero-order chi connectivity index (χ0) is 15.6. The van der Waals surface area contributed by atoms with Crippen molar-refractivity contribution < 1.29 is 9.21 Å². The smallest absolute Gasteiger partial charge is 0.231 e. The van der Waals surface area contributed by atoms with Crippen molar-refractivity contribution in [2.75, 3.05) is 0 Å². The highest BCUT2D eigenvalue weighted by molar-refractivity contribution is 5.88. The molecule has 22 heavy (non-hydrogen) atoms. The molecule has 0 radical (unpaired) electrons. The average Bonchev–Trinajstić information content (AvgIpc) is 3.18. The highest BCUT2D eigenvalue weighted by Crippen LogP contribution is 2.41. The van der Waals surface area contributed by atoms with Crippen LogP contribution in [-0.2, 0) is 10.2 Å². The van der Waals surface area contributed by atoms with E-state index in [0.29, 0.717) is 0 Å². The van der Waals surface area contributed by atoms with Gasteiger partial charge in [-0.15, -0.1) is 0 Å². The molecule has 1 N–H and O–H groups in total.